The highest BCUT2D eigenvalue weighted by Crippen LogP contribution is 2.25. The molecule has 0 bridgehead atoms. The number of nitrogens with zero attached hydrogens (tertiary/aromatic N) is 1. The van der Waals surface area contributed by atoms with Gasteiger partial charge in [-0.2, -0.15) is 0 Å². The molecule has 90 valence electrons. The molecule has 2 N–H and O–H groups in total. The predicted octanol–water partition coefficient (Wildman–Crippen LogP) is 2.99. The van der Waals surface area contributed by atoms with Crippen LogP contribution in [0.1, 0.15) is 5.56 Å². The van der Waals surface area contributed by atoms with Gasteiger partial charge in [-0.25, -0.2) is 0 Å². The molecule has 18 heavy (non-hydrogen) atoms. The van der Waals surface area contributed by atoms with Gasteiger partial charge in [0, 0.05) is 0 Å². The van der Waals surface area contributed by atoms with Crippen molar-refractivity contribution < 1.29 is 9.26 Å². The van der Waals surface area contributed by atoms with E-state index >= 15 is 0 Å². The van der Waals surface area contributed by atoms with Crippen LogP contribution in [0.3, 0.4) is 0 Å². The van der Waals surface area contributed by atoms with Crippen LogP contribution in [0.4, 0.5) is 5.82 Å². The van der Waals surface area contributed by atoms with E-state index in [0.29, 0.717) is 18.0 Å². The molecule has 0 aliphatic heterocycles. The molecular formula is C14H12N2O2. The van der Waals surface area contributed by atoms with Crippen LogP contribution in [-0.2, 0) is 6.61 Å². The first-order chi connectivity index (χ1) is 8.83. The van der Waals surface area contributed by atoms with Crippen LogP contribution < -0.4 is 10.5 Å². The van der Waals surface area contributed by atoms with Crippen molar-refractivity contribution in [1.82, 2.24) is 5.16 Å². The van der Waals surface area contributed by atoms with Gasteiger partial charge in [-0.1, -0.05) is 35.5 Å². The third kappa shape index (κ3) is 2.00. The number of ether oxygens (including phenoxy) is 1. The Morgan fingerprint density at radius 2 is 1.94 bits per heavy atom. The minimum Gasteiger partial charge on any atom is -0.489 e. The Bertz CT molecular complexity index is 662. The lowest BCUT2D eigenvalue weighted by atomic mass is 10.2. The fourth-order valence-electron chi connectivity index (χ4n) is 1.77. The van der Waals surface area contributed by atoms with Crippen LogP contribution in [0, 0.1) is 0 Å². The van der Waals surface area contributed by atoms with E-state index in [1.165, 1.54) is 0 Å². The van der Waals surface area contributed by atoms with Crippen LogP contribution in [0.25, 0.3) is 11.0 Å². The number of nitrogens with two attached hydrogens (primary N) is 1. The Hall–Kier alpha value is -2.49. The third-order valence-electron chi connectivity index (χ3n) is 2.72. The maximum absolute atomic E-state index is 5.70. The van der Waals surface area contributed by atoms with E-state index in [1.807, 2.05) is 42.5 Å². The molecule has 0 unspecified atom stereocenters. The Balaban J connectivity index is 1.80. The predicted molar refractivity (Wildman–Crippen MR) is 69.2 cm³/mol. The van der Waals surface area contributed by atoms with E-state index in [-0.39, 0.29) is 0 Å². The molecule has 2 aromatic carbocycles. The first kappa shape index (κ1) is 10.7. The molecule has 3 aromatic rings. The molecule has 0 atom stereocenters. The minimum atomic E-state index is 0.384. The second-order valence-electron chi connectivity index (χ2n) is 4.00. The normalized spacial score (nSPS) is 10.7. The summed E-state index contributed by atoms with van der Waals surface area (Å²) in [4.78, 5) is 0. The standard InChI is InChI=1S/C14H12N2O2/c15-14-12-8-11(6-7-13(12)18-16-14)17-9-10-4-2-1-3-5-10/h1-8H,9H2,(H2,15,16). The summed E-state index contributed by atoms with van der Waals surface area (Å²) in [5.74, 6) is 1.14. The summed E-state index contributed by atoms with van der Waals surface area (Å²) in [5, 5.41) is 4.48. The highest BCUT2D eigenvalue weighted by Gasteiger charge is 2.06. The average molecular weight is 240 g/mol. The Morgan fingerprint density at radius 3 is 2.78 bits per heavy atom. The highest BCUT2D eigenvalue weighted by molar-refractivity contribution is 5.87. The first-order valence-electron chi connectivity index (χ1n) is 5.64. The number of fused-ring (bicyclic) bond motifs is 1. The quantitative estimate of drug-likeness (QED) is 0.764. The molecule has 0 amide bonds. The highest BCUT2D eigenvalue weighted by atomic mass is 16.5. The zero-order valence-electron chi connectivity index (χ0n) is 9.67. The number of nitrogen functional groups attached to an aromatic ring is 1. The number of rotatable bonds is 3. The van der Waals surface area contributed by atoms with Gasteiger partial charge in [0.25, 0.3) is 0 Å². The molecule has 0 fully saturated rings. The smallest absolute Gasteiger partial charge is 0.174 e. The maximum Gasteiger partial charge on any atom is 0.174 e. The Morgan fingerprint density at radius 1 is 1.11 bits per heavy atom. The van der Waals surface area contributed by atoms with Gasteiger partial charge in [-0.15, -0.1) is 0 Å². The Labute approximate surface area is 104 Å². The molecule has 0 aliphatic rings. The molecule has 0 spiro atoms. The first-order valence-corrected chi connectivity index (χ1v) is 5.64. The van der Waals surface area contributed by atoms with Gasteiger partial charge in [0.2, 0.25) is 0 Å². The van der Waals surface area contributed by atoms with Gasteiger partial charge in [-0.05, 0) is 23.8 Å². The molecule has 4 nitrogen and oxygen atoms in total. The zero-order valence-corrected chi connectivity index (χ0v) is 9.67. The van der Waals surface area contributed by atoms with Gasteiger partial charge in [0.05, 0.1) is 5.39 Å². The van der Waals surface area contributed by atoms with E-state index < -0.39 is 0 Å². The second-order valence-corrected chi connectivity index (χ2v) is 4.00. The van der Waals surface area contributed by atoms with E-state index in [0.717, 1.165) is 16.7 Å². The van der Waals surface area contributed by atoms with Gasteiger partial charge in [0.1, 0.15) is 12.4 Å². The van der Waals surface area contributed by atoms with Crippen molar-refractivity contribution >= 4 is 16.8 Å². The molecule has 0 saturated heterocycles. The number of hydrogen-bond donors (Lipinski definition) is 1. The molecule has 1 aromatic heterocycles. The molecular weight excluding hydrogens is 228 g/mol. The summed E-state index contributed by atoms with van der Waals surface area (Å²) in [5.41, 5.74) is 7.48. The lowest BCUT2D eigenvalue weighted by Gasteiger charge is -2.05. The van der Waals surface area contributed by atoms with Crippen LogP contribution >= 0.6 is 0 Å². The second kappa shape index (κ2) is 4.41. The van der Waals surface area contributed by atoms with Crippen molar-refractivity contribution in [2.24, 2.45) is 0 Å². The van der Waals surface area contributed by atoms with Gasteiger partial charge in [-0.3, -0.25) is 0 Å². The lowest BCUT2D eigenvalue weighted by molar-refractivity contribution is 0.306. The van der Waals surface area contributed by atoms with Crippen molar-refractivity contribution in [3.8, 4) is 5.75 Å². The fraction of sp³-hybridized carbons (Fsp3) is 0.0714. The van der Waals surface area contributed by atoms with Crippen LogP contribution in [0.15, 0.2) is 53.1 Å². The zero-order chi connectivity index (χ0) is 12.4. The average Bonchev–Trinajstić information content (AvgIpc) is 2.79. The van der Waals surface area contributed by atoms with E-state index in [4.69, 9.17) is 15.0 Å². The van der Waals surface area contributed by atoms with Crippen molar-refractivity contribution in [3.05, 3.63) is 54.1 Å². The number of benzene rings is 2. The molecule has 4 heteroatoms. The summed E-state index contributed by atoms with van der Waals surface area (Å²) >= 11 is 0. The molecule has 0 aliphatic carbocycles. The van der Waals surface area contributed by atoms with Crippen molar-refractivity contribution in [2.45, 2.75) is 6.61 Å². The van der Waals surface area contributed by atoms with Crippen molar-refractivity contribution in [2.75, 3.05) is 5.73 Å². The summed E-state index contributed by atoms with van der Waals surface area (Å²) in [7, 11) is 0. The molecule has 0 saturated carbocycles. The summed E-state index contributed by atoms with van der Waals surface area (Å²) < 4.78 is 10.7. The topological polar surface area (TPSA) is 61.3 Å². The number of anilines is 1. The van der Waals surface area contributed by atoms with Crippen LogP contribution in [0.2, 0.25) is 0 Å². The van der Waals surface area contributed by atoms with Gasteiger partial charge < -0.3 is 15.0 Å². The van der Waals surface area contributed by atoms with Crippen molar-refractivity contribution in [1.29, 1.82) is 0 Å². The van der Waals surface area contributed by atoms with E-state index in [9.17, 15) is 0 Å². The van der Waals surface area contributed by atoms with Gasteiger partial charge >= 0.3 is 0 Å². The van der Waals surface area contributed by atoms with E-state index in [2.05, 4.69) is 5.16 Å². The molecule has 1 heterocycles. The fourth-order valence-corrected chi connectivity index (χ4v) is 1.77. The molecule has 0 radical (unpaired) electrons. The van der Waals surface area contributed by atoms with Crippen LogP contribution in [-0.4, -0.2) is 5.16 Å². The largest absolute Gasteiger partial charge is 0.489 e. The summed E-state index contributed by atoms with van der Waals surface area (Å²) in [6.45, 7) is 0.525. The Kier molecular flexibility index (Phi) is 2.61. The SMILES string of the molecule is Nc1noc2ccc(OCc3ccccc3)cc12. The van der Waals surface area contributed by atoms with Gasteiger partial charge in [0.15, 0.2) is 11.4 Å². The van der Waals surface area contributed by atoms with E-state index in [1.54, 1.807) is 6.07 Å². The van der Waals surface area contributed by atoms with Crippen molar-refractivity contribution in [3.63, 3.8) is 0 Å². The summed E-state index contributed by atoms with van der Waals surface area (Å²) in [6.07, 6.45) is 0. The third-order valence-corrected chi connectivity index (χ3v) is 2.72. The van der Waals surface area contributed by atoms with Crippen LogP contribution in [0.5, 0.6) is 5.75 Å². The lowest BCUT2D eigenvalue weighted by Crippen LogP contribution is -1.94. The summed E-state index contributed by atoms with van der Waals surface area (Å²) in [6, 6.07) is 15.5. The maximum atomic E-state index is 5.70. The number of aromatic nitrogens is 1. The number of hydrogen-bond acceptors (Lipinski definition) is 4. The monoisotopic (exact) mass is 240 g/mol. The molecule has 3 rings (SSSR count). The minimum absolute atomic E-state index is 0.384.